The monoisotopic (exact) mass is 385 g/mol. The molecule has 1 unspecified atom stereocenters. The quantitative estimate of drug-likeness (QED) is 0.538. The topological polar surface area (TPSA) is 72.7 Å². The Morgan fingerprint density at radius 2 is 2.29 bits per heavy atom. The molecular weight excluding hydrogens is 354 g/mol. The second kappa shape index (κ2) is 10.1. The number of rotatable bonds is 8. The summed E-state index contributed by atoms with van der Waals surface area (Å²) in [6.45, 7) is 5.88. The maximum absolute atomic E-state index is 6.12. The average molecular weight is 386 g/mol. The van der Waals surface area contributed by atoms with Crippen LogP contribution in [0.5, 0.6) is 5.75 Å². The maximum atomic E-state index is 6.12. The van der Waals surface area contributed by atoms with E-state index in [0.29, 0.717) is 19.1 Å². The van der Waals surface area contributed by atoms with Crippen LogP contribution < -0.4 is 15.4 Å². The molecule has 0 aliphatic carbocycles. The van der Waals surface area contributed by atoms with Crippen LogP contribution in [0, 0.1) is 12.8 Å². The molecule has 7 nitrogen and oxygen atoms in total. The lowest BCUT2D eigenvalue weighted by Crippen LogP contribution is -2.37. The van der Waals surface area contributed by atoms with Crippen molar-refractivity contribution in [2.24, 2.45) is 18.0 Å². The van der Waals surface area contributed by atoms with E-state index in [1.807, 2.05) is 24.1 Å². The van der Waals surface area contributed by atoms with Crippen LogP contribution in [-0.2, 0) is 24.8 Å². The maximum Gasteiger partial charge on any atom is 0.191 e. The molecule has 1 fully saturated rings. The number of aromatic nitrogens is 2. The van der Waals surface area contributed by atoms with Crippen LogP contribution in [0.4, 0.5) is 0 Å². The predicted octanol–water partition coefficient (Wildman–Crippen LogP) is 2.05. The molecular formula is C21H31N5O2. The number of aliphatic imine (C=N–C) groups is 1. The van der Waals surface area contributed by atoms with Gasteiger partial charge in [-0.2, -0.15) is 5.10 Å². The van der Waals surface area contributed by atoms with Crippen LogP contribution in [0.2, 0.25) is 0 Å². The Balaban J connectivity index is 1.50. The molecule has 1 aromatic heterocycles. The van der Waals surface area contributed by atoms with Gasteiger partial charge in [-0.1, -0.05) is 12.1 Å². The van der Waals surface area contributed by atoms with Gasteiger partial charge >= 0.3 is 0 Å². The summed E-state index contributed by atoms with van der Waals surface area (Å²) < 4.78 is 13.4. The van der Waals surface area contributed by atoms with E-state index in [2.05, 4.69) is 45.8 Å². The Bertz CT molecular complexity index is 781. The Hall–Kier alpha value is -2.54. The fraction of sp³-hybridized carbons (Fsp3) is 0.524. The smallest absolute Gasteiger partial charge is 0.191 e. The zero-order chi connectivity index (χ0) is 19.8. The molecule has 7 heteroatoms. The molecule has 0 radical (unpaired) electrons. The van der Waals surface area contributed by atoms with Crippen molar-refractivity contribution in [3.8, 4) is 5.75 Å². The molecule has 1 saturated heterocycles. The molecule has 1 aliphatic rings. The third-order valence-electron chi connectivity index (χ3n) is 4.86. The van der Waals surface area contributed by atoms with Gasteiger partial charge in [0.05, 0.1) is 19.4 Å². The number of nitrogens with one attached hydrogen (secondary N) is 2. The lowest BCUT2D eigenvalue weighted by molar-refractivity contribution is 0.166. The van der Waals surface area contributed by atoms with Crippen molar-refractivity contribution in [1.29, 1.82) is 0 Å². The molecule has 1 aromatic carbocycles. The summed E-state index contributed by atoms with van der Waals surface area (Å²) in [6, 6.07) is 6.33. The van der Waals surface area contributed by atoms with Crippen LogP contribution in [0.1, 0.15) is 23.1 Å². The van der Waals surface area contributed by atoms with Gasteiger partial charge in [0.25, 0.3) is 0 Å². The second-order valence-corrected chi connectivity index (χ2v) is 7.28. The van der Waals surface area contributed by atoms with Crippen molar-refractivity contribution in [2.45, 2.75) is 26.3 Å². The van der Waals surface area contributed by atoms with Gasteiger partial charge in [-0.15, -0.1) is 0 Å². The Labute approximate surface area is 167 Å². The Morgan fingerprint density at radius 1 is 1.39 bits per heavy atom. The molecule has 1 atom stereocenters. The van der Waals surface area contributed by atoms with Crippen LogP contribution in [0.25, 0.3) is 0 Å². The van der Waals surface area contributed by atoms with Crippen molar-refractivity contribution >= 4 is 5.96 Å². The first kappa shape index (κ1) is 20.2. The number of guanidine groups is 1. The van der Waals surface area contributed by atoms with Crippen molar-refractivity contribution in [2.75, 3.05) is 33.4 Å². The summed E-state index contributed by atoms with van der Waals surface area (Å²) in [5, 5.41) is 10.9. The molecule has 2 N–H and O–H groups in total. The van der Waals surface area contributed by atoms with E-state index in [1.54, 1.807) is 7.05 Å². The third kappa shape index (κ3) is 5.99. The fourth-order valence-corrected chi connectivity index (χ4v) is 3.19. The van der Waals surface area contributed by atoms with Crippen LogP contribution in [0.3, 0.4) is 0 Å². The SMILES string of the molecule is CN=C(NCCc1cnn(C)c1)NCc1ccc(C)cc1OCC1CCOC1. The second-order valence-electron chi connectivity index (χ2n) is 7.28. The summed E-state index contributed by atoms with van der Waals surface area (Å²) in [5.41, 5.74) is 3.52. The number of benzene rings is 1. The molecule has 2 heterocycles. The van der Waals surface area contributed by atoms with Crippen molar-refractivity contribution < 1.29 is 9.47 Å². The number of aryl methyl sites for hydroxylation is 2. The first-order valence-corrected chi connectivity index (χ1v) is 9.86. The zero-order valence-corrected chi connectivity index (χ0v) is 17.1. The van der Waals surface area contributed by atoms with Gasteiger partial charge in [-0.3, -0.25) is 9.67 Å². The van der Waals surface area contributed by atoms with E-state index in [0.717, 1.165) is 49.9 Å². The largest absolute Gasteiger partial charge is 0.493 e. The number of nitrogens with zero attached hydrogens (tertiary/aromatic N) is 3. The van der Waals surface area contributed by atoms with Gasteiger partial charge < -0.3 is 20.1 Å². The van der Waals surface area contributed by atoms with E-state index in [1.165, 1.54) is 11.1 Å². The summed E-state index contributed by atoms with van der Waals surface area (Å²) in [6.07, 6.45) is 5.90. The standard InChI is InChI=1S/C21H31N5O2/c1-16-4-5-19(20(10-16)28-15-18-7-9-27-14-18)12-24-21(22-2)23-8-6-17-11-25-26(3)13-17/h4-5,10-11,13,18H,6-9,12,14-15H2,1-3H3,(H2,22,23,24). The normalized spacial score (nSPS) is 17.0. The molecule has 1 aliphatic heterocycles. The summed E-state index contributed by atoms with van der Waals surface area (Å²) in [4.78, 5) is 4.31. The molecule has 3 rings (SSSR count). The summed E-state index contributed by atoms with van der Waals surface area (Å²) in [5.74, 6) is 2.20. The van der Waals surface area contributed by atoms with E-state index < -0.39 is 0 Å². The minimum absolute atomic E-state index is 0.489. The van der Waals surface area contributed by atoms with Crippen molar-refractivity contribution in [3.05, 3.63) is 47.3 Å². The highest BCUT2D eigenvalue weighted by Crippen LogP contribution is 2.22. The zero-order valence-electron chi connectivity index (χ0n) is 17.1. The lowest BCUT2D eigenvalue weighted by atomic mass is 10.1. The highest BCUT2D eigenvalue weighted by atomic mass is 16.5. The molecule has 0 amide bonds. The van der Waals surface area contributed by atoms with Gasteiger partial charge in [0.15, 0.2) is 5.96 Å². The van der Waals surface area contributed by atoms with Gasteiger partial charge in [0.2, 0.25) is 0 Å². The van der Waals surface area contributed by atoms with E-state index in [-0.39, 0.29) is 0 Å². The highest BCUT2D eigenvalue weighted by molar-refractivity contribution is 5.79. The Morgan fingerprint density at radius 3 is 3.00 bits per heavy atom. The highest BCUT2D eigenvalue weighted by Gasteiger charge is 2.17. The molecule has 2 aromatic rings. The first-order chi connectivity index (χ1) is 13.6. The van der Waals surface area contributed by atoms with Crippen molar-refractivity contribution in [1.82, 2.24) is 20.4 Å². The number of ether oxygens (including phenoxy) is 2. The number of hydrogen-bond donors (Lipinski definition) is 2. The minimum Gasteiger partial charge on any atom is -0.493 e. The summed E-state index contributed by atoms with van der Waals surface area (Å²) >= 11 is 0. The van der Waals surface area contributed by atoms with E-state index in [9.17, 15) is 0 Å². The molecule has 0 spiro atoms. The minimum atomic E-state index is 0.489. The average Bonchev–Trinajstić information content (AvgIpc) is 3.35. The number of hydrogen-bond acceptors (Lipinski definition) is 4. The van der Waals surface area contributed by atoms with E-state index in [4.69, 9.17) is 9.47 Å². The Kier molecular flexibility index (Phi) is 7.31. The lowest BCUT2D eigenvalue weighted by Gasteiger charge is -2.17. The predicted molar refractivity (Wildman–Crippen MR) is 111 cm³/mol. The van der Waals surface area contributed by atoms with Gasteiger partial charge in [0.1, 0.15) is 5.75 Å². The first-order valence-electron chi connectivity index (χ1n) is 9.86. The summed E-state index contributed by atoms with van der Waals surface area (Å²) in [7, 11) is 3.71. The van der Waals surface area contributed by atoms with Gasteiger partial charge in [-0.05, 0) is 37.0 Å². The van der Waals surface area contributed by atoms with Gasteiger partial charge in [0, 0.05) is 51.5 Å². The fourth-order valence-electron chi connectivity index (χ4n) is 3.19. The third-order valence-corrected chi connectivity index (χ3v) is 4.86. The van der Waals surface area contributed by atoms with Crippen LogP contribution in [-0.4, -0.2) is 49.2 Å². The van der Waals surface area contributed by atoms with Crippen LogP contribution in [0.15, 0.2) is 35.6 Å². The molecule has 0 bridgehead atoms. The molecule has 152 valence electrons. The van der Waals surface area contributed by atoms with Crippen molar-refractivity contribution in [3.63, 3.8) is 0 Å². The van der Waals surface area contributed by atoms with Gasteiger partial charge in [-0.25, -0.2) is 0 Å². The molecule has 0 saturated carbocycles. The van der Waals surface area contributed by atoms with E-state index >= 15 is 0 Å². The van der Waals surface area contributed by atoms with Crippen LogP contribution >= 0.6 is 0 Å². The molecule has 28 heavy (non-hydrogen) atoms.